The molecule has 2 rings (SSSR count). The van der Waals surface area contributed by atoms with E-state index in [0.29, 0.717) is 24.3 Å². The van der Waals surface area contributed by atoms with Crippen molar-refractivity contribution in [2.24, 2.45) is 5.92 Å². The van der Waals surface area contributed by atoms with Crippen LogP contribution < -0.4 is 5.32 Å². The first-order chi connectivity index (χ1) is 8.99. The van der Waals surface area contributed by atoms with Gasteiger partial charge in [0.2, 0.25) is 5.91 Å². The fourth-order valence-electron chi connectivity index (χ4n) is 2.24. The summed E-state index contributed by atoms with van der Waals surface area (Å²) in [4.78, 5) is 23.1. The molecule has 1 saturated heterocycles. The molecule has 19 heavy (non-hydrogen) atoms. The number of carbonyl (C=O) groups excluding carboxylic acids is 1. The molecule has 1 aromatic rings. The third-order valence-electron chi connectivity index (χ3n) is 3.45. The monoisotopic (exact) mass is 263 g/mol. The molecule has 1 amide bonds. The minimum atomic E-state index is -0.994. The summed E-state index contributed by atoms with van der Waals surface area (Å²) in [5.41, 5.74) is 1.38. The van der Waals surface area contributed by atoms with E-state index < -0.39 is 5.97 Å². The summed E-state index contributed by atoms with van der Waals surface area (Å²) in [6.45, 7) is 4.19. The van der Waals surface area contributed by atoms with Crippen LogP contribution in [0.3, 0.4) is 0 Å². The van der Waals surface area contributed by atoms with Crippen LogP contribution in [0.4, 0.5) is 5.69 Å². The molecule has 1 aliphatic rings. The number of carboxylic acids is 1. The average Bonchev–Trinajstić information content (AvgIpc) is 2.77. The van der Waals surface area contributed by atoms with Crippen molar-refractivity contribution in [3.63, 3.8) is 0 Å². The number of carboxylic acid groups (broad SMARTS) is 1. The second-order valence-corrected chi connectivity index (χ2v) is 4.80. The minimum Gasteiger partial charge on any atom is -0.478 e. The van der Waals surface area contributed by atoms with E-state index in [9.17, 15) is 9.59 Å². The van der Waals surface area contributed by atoms with E-state index in [-0.39, 0.29) is 23.5 Å². The van der Waals surface area contributed by atoms with Gasteiger partial charge in [0.1, 0.15) is 0 Å². The smallest absolute Gasteiger partial charge is 0.336 e. The standard InChI is InChI=1S/C14H17NO4/c1-8-3-4-10(7-12(8)14(17)18)15-13(16)11-5-6-19-9(11)2/h3-4,7,9,11H,5-6H2,1-2H3,(H,15,16)(H,17,18). The van der Waals surface area contributed by atoms with Gasteiger partial charge in [-0.2, -0.15) is 0 Å². The van der Waals surface area contributed by atoms with E-state index in [4.69, 9.17) is 9.84 Å². The molecule has 5 heteroatoms. The van der Waals surface area contributed by atoms with Crippen molar-refractivity contribution >= 4 is 17.6 Å². The minimum absolute atomic E-state index is 0.0932. The highest BCUT2D eigenvalue weighted by atomic mass is 16.5. The number of hydrogen-bond acceptors (Lipinski definition) is 3. The van der Waals surface area contributed by atoms with Gasteiger partial charge in [0, 0.05) is 12.3 Å². The van der Waals surface area contributed by atoms with E-state index in [0.717, 1.165) is 0 Å². The molecule has 1 aliphatic heterocycles. The summed E-state index contributed by atoms with van der Waals surface area (Å²) in [6.07, 6.45) is 0.606. The normalized spacial score (nSPS) is 22.2. The van der Waals surface area contributed by atoms with Gasteiger partial charge in [-0.15, -0.1) is 0 Å². The molecule has 0 spiro atoms. The van der Waals surface area contributed by atoms with E-state index in [1.54, 1.807) is 19.1 Å². The fourth-order valence-corrected chi connectivity index (χ4v) is 2.24. The second kappa shape index (κ2) is 5.40. The summed E-state index contributed by atoms with van der Waals surface area (Å²) in [5, 5.41) is 11.8. The van der Waals surface area contributed by atoms with Gasteiger partial charge in [-0.1, -0.05) is 6.07 Å². The van der Waals surface area contributed by atoms with Crippen molar-refractivity contribution in [1.82, 2.24) is 0 Å². The third kappa shape index (κ3) is 2.93. The number of aryl methyl sites for hydroxylation is 1. The molecule has 0 bridgehead atoms. The molecule has 2 unspecified atom stereocenters. The number of carbonyl (C=O) groups is 2. The maximum absolute atomic E-state index is 12.1. The van der Waals surface area contributed by atoms with Gasteiger partial charge in [0.15, 0.2) is 0 Å². The predicted octanol–water partition coefficient (Wildman–Crippen LogP) is 2.06. The Bertz CT molecular complexity index is 512. The van der Waals surface area contributed by atoms with Crippen LogP contribution in [-0.4, -0.2) is 29.7 Å². The van der Waals surface area contributed by atoms with Crippen molar-refractivity contribution < 1.29 is 19.4 Å². The lowest BCUT2D eigenvalue weighted by molar-refractivity contribution is -0.121. The molecule has 0 radical (unpaired) electrons. The number of ether oxygens (including phenoxy) is 1. The Morgan fingerprint density at radius 1 is 1.42 bits per heavy atom. The summed E-state index contributed by atoms with van der Waals surface area (Å²) in [5.74, 6) is -1.29. The third-order valence-corrected chi connectivity index (χ3v) is 3.45. The number of amides is 1. The van der Waals surface area contributed by atoms with Crippen molar-refractivity contribution in [1.29, 1.82) is 0 Å². The molecule has 102 valence electrons. The summed E-state index contributed by atoms with van der Waals surface area (Å²) in [7, 11) is 0. The maximum Gasteiger partial charge on any atom is 0.336 e. The Labute approximate surface area is 111 Å². The number of benzene rings is 1. The molecule has 5 nitrogen and oxygen atoms in total. The van der Waals surface area contributed by atoms with Crippen LogP contribution in [0, 0.1) is 12.8 Å². The molecule has 0 aromatic heterocycles. The second-order valence-electron chi connectivity index (χ2n) is 4.80. The molecular weight excluding hydrogens is 246 g/mol. The highest BCUT2D eigenvalue weighted by Gasteiger charge is 2.30. The van der Waals surface area contributed by atoms with Crippen molar-refractivity contribution in [3.8, 4) is 0 Å². The quantitative estimate of drug-likeness (QED) is 0.875. The molecular formula is C14H17NO4. The van der Waals surface area contributed by atoms with E-state index in [1.165, 1.54) is 6.07 Å². The van der Waals surface area contributed by atoms with Crippen LogP contribution in [-0.2, 0) is 9.53 Å². The van der Waals surface area contributed by atoms with Crippen molar-refractivity contribution in [3.05, 3.63) is 29.3 Å². The molecule has 1 heterocycles. The number of aromatic carboxylic acids is 1. The lowest BCUT2D eigenvalue weighted by Gasteiger charge is -2.14. The SMILES string of the molecule is Cc1ccc(NC(=O)C2CCOC2C)cc1C(=O)O. The largest absolute Gasteiger partial charge is 0.478 e. The Hall–Kier alpha value is -1.88. The Kier molecular flexibility index (Phi) is 3.85. The zero-order chi connectivity index (χ0) is 14.0. The van der Waals surface area contributed by atoms with E-state index in [2.05, 4.69) is 5.32 Å². The van der Waals surface area contributed by atoms with Gasteiger partial charge in [-0.25, -0.2) is 4.79 Å². The van der Waals surface area contributed by atoms with Crippen LogP contribution in [0.25, 0.3) is 0 Å². The molecule has 1 aromatic carbocycles. The van der Waals surface area contributed by atoms with Crippen LogP contribution >= 0.6 is 0 Å². The topological polar surface area (TPSA) is 75.6 Å². The zero-order valence-corrected chi connectivity index (χ0v) is 11.0. The molecule has 0 aliphatic carbocycles. The highest BCUT2D eigenvalue weighted by molar-refractivity contribution is 5.96. The zero-order valence-electron chi connectivity index (χ0n) is 11.0. The summed E-state index contributed by atoms with van der Waals surface area (Å²) in [6, 6.07) is 4.88. The summed E-state index contributed by atoms with van der Waals surface area (Å²) < 4.78 is 5.35. The number of anilines is 1. The lowest BCUT2D eigenvalue weighted by Crippen LogP contribution is -2.27. The van der Waals surface area contributed by atoms with Crippen LogP contribution in [0.15, 0.2) is 18.2 Å². The average molecular weight is 263 g/mol. The number of hydrogen-bond donors (Lipinski definition) is 2. The Morgan fingerprint density at radius 2 is 2.16 bits per heavy atom. The van der Waals surface area contributed by atoms with Gasteiger partial charge < -0.3 is 15.2 Å². The van der Waals surface area contributed by atoms with Crippen molar-refractivity contribution in [2.45, 2.75) is 26.4 Å². The fraction of sp³-hybridized carbons (Fsp3) is 0.429. The van der Waals surface area contributed by atoms with Gasteiger partial charge >= 0.3 is 5.97 Å². The van der Waals surface area contributed by atoms with Gasteiger partial charge in [-0.3, -0.25) is 4.79 Å². The first-order valence-electron chi connectivity index (χ1n) is 6.25. The number of rotatable bonds is 3. The maximum atomic E-state index is 12.1. The van der Waals surface area contributed by atoms with Crippen LogP contribution in [0.5, 0.6) is 0 Å². The van der Waals surface area contributed by atoms with Crippen molar-refractivity contribution in [2.75, 3.05) is 11.9 Å². The molecule has 0 saturated carbocycles. The Morgan fingerprint density at radius 3 is 2.74 bits per heavy atom. The lowest BCUT2D eigenvalue weighted by atomic mass is 10.0. The summed E-state index contributed by atoms with van der Waals surface area (Å²) >= 11 is 0. The van der Waals surface area contributed by atoms with Gasteiger partial charge in [0.25, 0.3) is 0 Å². The first kappa shape index (κ1) is 13.5. The van der Waals surface area contributed by atoms with E-state index in [1.807, 2.05) is 6.92 Å². The van der Waals surface area contributed by atoms with Crippen LogP contribution in [0.2, 0.25) is 0 Å². The van der Waals surface area contributed by atoms with Crippen LogP contribution in [0.1, 0.15) is 29.3 Å². The predicted molar refractivity (Wildman–Crippen MR) is 70.3 cm³/mol. The highest BCUT2D eigenvalue weighted by Crippen LogP contribution is 2.23. The molecule has 1 fully saturated rings. The van der Waals surface area contributed by atoms with Gasteiger partial charge in [0.05, 0.1) is 17.6 Å². The molecule has 2 atom stereocenters. The van der Waals surface area contributed by atoms with Gasteiger partial charge in [-0.05, 0) is 38.0 Å². The Balaban J connectivity index is 2.13. The molecule has 2 N–H and O–H groups in total. The first-order valence-corrected chi connectivity index (χ1v) is 6.25. The van der Waals surface area contributed by atoms with E-state index >= 15 is 0 Å². The number of nitrogens with one attached hydrogen (secondary N) is 1.